The predicted molar refractivity (Wildman–Crippen MR) is 106 cm³/mol. The average Bonchev–Trinajstić information content (AvgIpc) is 3.14. The molecule has 0 bridgehead atoms. The number of aromatic amines is 1. The molecule has 26 heavy (non-hydrogen) atoms. The molecule has 2 heterocycles. The van der Waals surface area contributed by atoms with E-state index in [0.29, 0.717) is 6.42 Å². The van der Waals surface area contributed by atoms with Crippen LogP contribution in [0.25, 0.3) is 16.3 Å². The first kappa shape index (κ1) is 15.4. The highest BCUT2D eigenvalue weighted by atomic mass is 16.1. The number of Topliss-reactive ketones (excluding diaryl/α,β-unsaturated/α-hetero) is 1. The van der Waals surface area contributed by atoms with Crippen molar-refractivity contribution in [3.05, 3.63) is 71.6 Å². The van der Waals surface area contributed by atoms with E-state index in [0.717, 1.165) is 23.4 Å². The molecule has 2 N–H and O–H groups in total. The number of benzene rings is 2. The van der Waals surface area contributed by atoms with E-state index in [1.54, 1.807) is 0 Å². The highest BCUT2D eigenvalue weighted by Crippen LogP contribution is 2.51. The Bertz CT molecular complexity index is 1060. The molecule has 2 aromatic carbocycles. The summed E-state index contributed by atoms with van der Waals surface area (Å²) in [7, 11) is 0. The molecule has 0 amide bonds. The first-order chi connectivity index (χ1) is 12.5. The number of anilines is 1. The van der Waals surface area contributed by atoms with Crippen LogP contribution in [0.5, 0.6) is 0 Å². The van der Waals surface area contributed by atoms with Crippen LogP contribution in [-0.4, -0.2) is 10.8 Å². The third-order valence-electron chi connectivity index (χ3n) is 5.67. The number of aromatic nitrogens is 1. The summed E-state index contributed by atoms with van der Waals surface area (Å²) >= 11 is 0. The summed E-state index contributed by atoms with van der Waals surface area (Å²) < 4.78 is 0. The zero-order valence-corrected chi connectivity index (χ0v) is 15.1. The summed E-state index contributed by atoms with van der Waals surface area (Å²) in [6.07, 6.45) is 3.45. The van der Waals surface area contributed by atoms with Crippen molar-refractivity contribution in [1.29, 1.82) is 0 Å². The topological polar surface area (TPSA) is 44.9 Å². The van der Waals surface area contributed by atoms with Crippen molar-refractivity contribution in [2.75, 3.05) is 5.32 Å². The van der Waals surface area contributed by atoms with Crippen LogP contribution in [0.15, 0.2) is 60.3 Å². The van der Waals surface area contributed by atoms with E-state index in [4.69, 9.17) is 0 Å². The fourth-order valence-corrected chi connectivity index (χ4v) is 4.59. The molecule has 5 rings (SSSR count). The zero-order chi connectivity index (χ0) is 17.9. The van der Waals surface area contributed by atoms with Gasteiger partial charge in [0.15, 0.2) is 5.78 Å². The number of ketones is 1. The van der Waals surface area contributed by atoms with Gasteiger partial charge in [0.05, 0.1) is 6.04 Å². The van der Waals surface area contributed by atoms with E-state index in [1.807, 2.05) is 12.3 Å². The van der Waals surface area contributed by atoms with E-state index in [2.05, 4.69) is 66.6 Å². The van der Waals surface area contributed by atoms with Gasteiger partial charge in [0.25, 0.3) is 0 Å². The monoisotopic (exact) mass is 342 g/mol. The van der Waals surface area contributed by atoms with Crippen molar-refractivity contribution < 1.29 is 4.79 Å². The van der Waals surface area contributed by atoms with Crippen LogP contribution >= 0.6 is 0 Å². The Morgan fingerprint density at radius 3 is 2.65 bits per heavy atom. The van der Waals surface area contributed by atoms with Gasteiger partial charge in [0.1, 0.15) is 0 Å². The molecule has 3 heteroatoms. The molecule has 1 atom stereocenters. The summed E-state index contributed by atoms with van der Waals surface area (Å²) in [5.41, 5.74) is 5.52. The summed E-state index contributed by atoms with van der Waals surface area (Å²) in [6.45, 7) is 4.40. The van der Waals surface area contributed by atoms with E-state index in [-0.39, 0.29) is 17.2 Å². The lowest BCUT2D eigenvalue weighted by Crippen LogP contribution is -2.33. The Hall–Kier alpha value is -2.81. The number of rotatable bonds is 1. The first-order valence-electron chi connectivity index (χ1n) is 9.22. The van der Waals surface area contributed by atoms with Gasteiger partial charge in [-0.2, -0.15) is 0 Å². The Morgan fingerprint density at radius 1 is 1.00 bits per heavy atom. The number of hydrogen-bond acceptors (Lipinski definition) is 2. The summed E-state index contributed by atoms with van der Waals surface area (Å²) in [6, 6.07) is 16.7. The largest absolute Gasteiger partial charge is 0.372 e. The first-order valence-corrected chi connectivity index (χ1v) is 9.22. The SMILES string of the molecule is CC1(C)CC(=O)C2=C(C1)c1c(ccc3ccccc13)NC2c1ccc[nH]1. The van der Waals surface area contributed by atoms with Crippen LogP contribution in [-0.2, 0) is 4.79 Å². The van der Waals surface area contributed by atoms with E-state index >= 15 is 0 Å². The quantitative estimate of drug-likeness (QED) is 0.615. The predicted octanol–water partition coefficient (Wildman–Crippen LogP) is 5.48. The van der Waals surface area contributed by atoms with E-state index < -0.39 is 0 Å². The number of H-pyrrole nitrogens is 1. The molecule has 3 nitrogen and oxygen atoms in total. The molecule has 1 aliphatic carbocycles. The highest BCUT2D eigenvalue weighted by Gasteiger charge is 2.40. The van der Waals surface area contributed by atoms with Crippen LogP contribution in [0.4, 0.5) is 5.69 Å². The smallest absolute Gasteiger partial charge is 0.162 e. The lowest BCUT2D eigenvalue weighted by atomic mass is 9.68. The fourth-order valence-electron chi connectivity index (χ4n) is 4.59. The minimum absolute atomic E-state index is 0.0121. The Labute approximate surface area is 153 Å². The molecule has 0 saturated carbocycles. The van der Waals surface area contributed by atoms with Gasteiger partial charge < -0.3 is 10.3 Å². The number of allylic oxidation sites excluding steroid dienone is 1. The maximum absolute atomic E-state index is 13.2. The highest BCUT2D eigenvalue weighted by molar-refractivity contribution is 6.12. The van der Waals surface area contributed by atoms with Crippen molar-refractivity contribution in [3.63, 3.8) is 0 Å². The van der Waals surface area contributed by atoms with Gasteiger partial charge in [0.2, 0.25) is 0 Å². The van der Waals surface area contributed by atoms with Crippen molar-refractivity contribution in [2.24, 2.45) is 5.41 Å². The van der Waals surface area contributed by atoms with Crippen molar-refractivity contribution >= 4 is 27.8 Å². The number of nitrogens with one attached hydrogen (secondary N) is 2. The Kier molecular flexibility index (Phi) is 3.17. The van der Waals surface area contributed by atoms with Gasteiger partial charge in [0, 0.05) is 35.1 Å². The summed E-state index contributed by atoms with van der Waals surface area (Å²) in [5, 5.41) is 6.08. The molecule has 2 aliphatic rings. The maximum Gasteiger partial charge on any atom is 0.162 e. The third kappa shape index (κ3) is 2.23. The third-order valence-corrected chi connectivity index (χ3v) is 5.67. The van der Waals surface area contributed by atoms with Crippen molar-refractivity contribution in [1.82, 2.24) is 4.98 Å². The zero-order valence-electron chi connectivity index (χ0n) is 15.1. The van der Waals surface area contributed by atoms with Gasteiger partial charge in [-0.1, -0.05) is 44.2 Å². The lowest BCUT2D eigenvalue weighted by molar-refractivity contribution is -0.118. The molecule has 1 aromatic heterocycles. The van der Waals surface area contributed by atoms with Gasteiger partial charge in [-0.15, -0.1) is 0 Å². The van der Waals surface area contributed by atoms with E-state index in [1.165, 1.54) is 21.9 Å². The standard InChI is InChI=1S/C23H22N2O/c1-23(2)12-16-20-15-7-4-3-6-14(15)9-10-17(20)25-22(18-8-5-11-24-18)21(16)19(26)13-23/h3-11,22,24-25H,12-13H2,1-2H3. The van der Waals surface area contributed by atoms with E-state index in [9.17, 15) is 4.79 Å². The lowest BCUT2D eigenvalue weighted by Gasteiger charge is -2.39. The van der Waals surface area contributed by atoms with Crippen molar-refractivity contribution in [2.45, 2.75) is 32.7 Å². The molecule has 1 aliphatic heterocycles. The average molecular weight is 342 g/mol. The normalized spacial score (nSPS) is 21.3. The molecule has 130 valence electrons. The number of carbonyl (C=O) groups is 1. The van der Waals surface area contributed by atoms with Gasteiger partial charge in [-0.3, -0.25) is 4.79 Å². The Balaban J connectivity index is 1.83. The van der Waals surface area contributed by atoms with Gasteiger partial charge in [-0.05, 0) is 46.4 Å². The van der Waals surface area contributed by atoms with Crippen LogP contribution in [0.1, 0.15) is 44.0 Å². The second-order valence-corrected chi connectivity index (χ2v) is 8.25. The van der Waals surface area contributed by atoms with Gasteiger partial charge in [-0.25, -0.2) is 0 Å². The molecular weight excluding hydrogens is 320 g/mol. The molecule has 0 radical (unpaired) electrons. The number of hydrogen-bond donors (Lipinski definition) is 2. The fraction of sp³-hybridized carbons (Fsp3) is 0.261. The van der Waals surface area contributed by atoms with Crippen LogP contribution in [0.2, 0.25) is 0 Å². The summed E-state index contributed by atoms with van der Waals surface area (Å²) in [5.74, 6) is 0.266. The second kappa shape index (κ2) is 5.34. The molecular formula is C23H22N2O. The minimum Gasteiger partial charge on any atom is -0.372 e. The van der Waals surface area contributed by atoms with Crippen LogP contribution < -0.4 is 5.32 Å². The molecule has 1 unspecified atom stereocenters. The molecule has 0 spiro atoms. The minimum atomic E-state index is -0.0998. The Morgan fingerprint density at radius 2 is 1.85 bits per heavy atom. The molecule has 0 fully saturated rings. The van der Waals surface area contributed by atoms with Gasteiger partial charge >= 0.3 is 0 Å². The summed E-state index contributed by atoms with van der Waals surface area (Å²) in [4.78, 5) is 16.5. The molecule has 3 aromatic rings. The van der Waals surface area contributed by atoms with Crippen molar-refractivity contribution in [3.8, 4) is 0 Å². The molecule has 0 saturated heterocycles. The number of fused-ring (bicyclic) bond motifs is 4. The van der Waals surface area contributed by atoms with Crippen LogP contribution in [0, 0.1) is 5.41 Å². The maximum atomic E-state index is 13.2. The second-order valence-electron chi connectivity index (χ2n) is 8.25. The van der Waals surface area contributed by atoms with Crippen LogP contribution in [0.3, 0.4) is 0 Å². The number of carbonyl (C=O) groups excluding carboxylic acids is 1.